The molecule has 29 heavy (non-hydrogen) atoms. The molecule has 9 heteroatoms. The molecule has 4 rings (SSSR count). The maximum absolute atomic E-state index is 12.5. The Hall–Kier alpha value is -3.46. The lowest BCUT2D eigenvalue weighted by molar-refractivity contribution is -0.113. The van der Waals surface area contributed by atoms with E-state index in [4.69, 9.17) is 9.15 Å². The molecule has 0 saturated heterocycles. The molecule has 0 spiro atoms. The van der Waals surface area contributed by atoms with Gasteiger partial charge < -0.3 is 14.5 Å². The van der Waals surface area contributed by atoms with Crippen LogP contribution in [0.25, 0.3) is 11.6 Å². The van der Waals surface area contributed by atoms with Crippen LogP contribution >= 0.6 is 11.8 Å². The number of ether oxygens (including phenoxy) is 1. The van der Waals surface area contributed by atoms with Crippen LogP contribution in [0.3, 0.4) is 0 Å². The predicted molar refractivity (Wildman–Crippen MR) is 110 cm³/mol. The molecule has 0 radical (unpaired) electrons. The second-order valence-corrected chi connectivity index (χ2v) is 7.14. The molecule has 0 atom stereocenters. The summed E-state index contributed by atoms with van der Waals surface area (Å²) in [7, 11) is 1.57. The summed E-state index contributed by atoms with van der Waals surface area (Å²) in [5, 5.41) is 11.9. The highest BCUT2D eigenvalue weighted by Gasteiger charge is 2.19. The number of carbonyl (C=O) groups is 1. The highest BCUT2D eigenvalue weighted by molar-refractivity contribution is 7.99. The molecule has 0 fully saturated rings. The van der Waals surface area contributed by atoms with Crippen molar-refractivity contribution in [1.29, 1.82) is 0 Å². The summed E-state index contributed by atoms with van der Waals surface area (Å²) < 4.78 is 14.4. The van der Waals surface area contributed by atoms with E-state index in [1.807, 2.05) is 60.4 Å². The van der Waals surface area contributed by atoms with Gasteiger partial charge in [-0.3, -0.25) is 9.47 Å². The SMILES string of the molecule is COc1ccc(C)cc1NC(=O)CSc1nnc(-c2ccco2)n1-n1cccc1. The van der Waals surface area contributed by atoms with E-state index in [-0.39, 0.29) is 11.7 Å². The van der Waals surface area contributed by atoms with Crippen molar-refractivity contribution in [2.45, 2.75) is 12.1 Å². The number of furan rings is 1. The number of carbonyl (C=O) groups excluding carboxylic acids is 1. The van der Waals surface area contributed by atoms with Crippen LogP contribution in [-0.2, 0) is 4.79 Å². The Morgan fingerprint density at radius 3 is 2.76 bits per heavy atom. The summed E-state index contributed by atoms with van der Waals surface area (Å²) in [5.41, 5.74) is 1.67. The van der Waals surface area contributed by atoms with Crippen molar-refractivity contribution >= 4 is 23.4 Å². The second kappa shape index (κ2) is 8.27. The van der Waals surface area contributed by atoms with Gasteiger partial charge >= 0.3 is 0 Å². The number of rotatable bonds is 7. The number of aryl methyl sites for hydroxylation is 1. The number of hydrogen-bond donors (Lipinski definition) is 1. The third kappa shape index (κ3) is 4.04. The molecule has 3 aromatic heterocycles. The number of thioether (sulfide) groups is 1. The molecule has 0 aliphatic carbocycles. The van der Waals surface area contributed by atoms with Crippen molar-refractivity contribution in [1.82, 2.24) is 19.5 Å². The molecule has 148 valence electrons. The van der Waals surface area contributed by atoms with Crippen LogP contribution in [-0.4, -0.2) is 38.3 Å². The third-order valence-electron chi connectivity index (χ3n) is 4.13. The van der Waals surface area contributed by atoms with Crippen molar-refractivity contribution in [3.05, 3.63) is 66.7 Å². The molecule has 3 heterocycles. The van der Waals surface area contributed by atoms with Crippen molar-refractivity contribution in [3.8, 4) is 17.3 Å². The molecule has 0 unspecified atom stereocenters. The molecule has 1 N–H and O–H groups in total. The predicted octanol–water partition coefficient (Wildman–Crippen LogP) is 3.70. The van der Waals surface area contributed by atoms with Gasteiger partial charge in [0.25, 0.3) is 0 Å². The first kappa shape index (κ1) is 18.9. The van der Waals surface area contributed by atoms with Crippen molar-refractivity contribution in [3.63, 3.8) is 0 Å². The molecule has 0 aliphatic heterocycles. The zero-order chi connectivity index (χ0) is 20.2. The minimum absolute atomic E-state index is 0.161. The zero-order valence-electron chi connectivity index (χ0n) is 15.9. The van der Waals surface area contributed by atoms with Crippen LogP contribution in [0.1, 0.15) is 5.56 Å². The first-order valence-electron chi connectivity index (χ1n) is 8.86. The van der Waals surface area contributed by atoms with Gasteiger partial charge in [-0.05, 0) is 48.9 Å². The average molecular weight is 409 g/mol. The Morgan fingerprint density at radius 1 is 1.21 bits per heavy atom. The van der Waals surface area contributed by atoms with Gasteiger partial charge in [-0.2, -0.15) is 0 Å². The van der Waals surface area contributed by atoms with E-state index in [1.54, 1.807) is 24.1 Å². The van der Waals surface area contributed by atoms with E-state index < -0.39 is 0 Å². The number of nitrogens with zero attached hydrogens (tertiary/aromatic N) is 4. The van der Waals surface area contributed by atoms with Crippen LogP contribution in [0.5, 0.6) is 5.75 Å². The molecule has 8 nitrogen and oxygen atoms in total. The number of hydrogen-bond acceptors (Lipinski definition) is 6. The summed E-state index contributed by atoms with van der Waals surface area (Å²) in [6.45, 7) is 1.96. The number of benzene rings is 1. The van der Waals surface area contributed by atoms with Crippen molar-refractivity contribution < 1.29 is 13.9 Å². The quantitative estimate of drug-likeness (QED) is 0.469. The molecule has 0 aliphatic rings. The van der Waals surface area contributed by atoms with Gasteiger partial charge in [0.15, 0.2) is 5.76 Å². The second-order valence-electron chi connectivity index (χ2n) is 6.20. The van der Waals surface area contributed by atoms with E-state index in [0.717, 1.165) is 5.56 Å². The molecule has 0 bridgehead atoms. The van der Waals surface area contributed by atoms with Gasteiger partial charge in [0.1, 0.15) is 5.75 Å². The van der Waals surface area contributed by atoms with E-state index in [2.05, 4.69) is 15.5 Å². The van der Waals surface area contributed by atoms with Crippen molar-refractivity contribution in [2.24, 2.45) is 0 Å². The van der Waals surface area contributed by atoms with Crippen LogP contribution in [0.2, 0.25) is 0 Å². The minimum Gasteiger partial charge on any atom is -0.495 e. The summed E-state index contributed by atoms with van der Waals surface area (Å²) in [4.78, 5) is 12.5. The van der Waals surface area contributed by atoms with Crippen molar-refractivity contribution in [2.75, 3.05) is 18.2 Å². The average Bonchev–Trinajstić information content (AvgIpc) is 3.47. The lowest BCUT2D eigenvalue weighted by Gasteiger charge is -2.12. The maximum Gasteiger partial charge on any atom is 0.234 e. The number of nitrogens with one attached hydrogen (secondary N) is 1. The Morgan fingerprint density at radius 2 is 2.03 bits per heavy atom. The highest BCUT2D eigenvalue weighted by atomic mass is 32.2. The Bertz CT molecular complexity index is 1100. The number of methoxy groups -OCH3 is 1. The third-order valence-corrected chi connectivity index (χ3v) is 5.05. The van der Waals surface area contributed by atoms with E-state index in [0.29, 0.717) is 28.2 Å². The van der Waals surface area contributed by atoms with Gasteiger partial charge in [0.05, 0.1) is 24.8 Å². The Balaban J connectivity index is 1.53. The lowest BCUT2D eigenvalue weighted by Crippen LogP contribution is -2.16. The van der Waals surface area contributed by atoms with E-state index >= 15 is 0 Å². The fourth-order valence-corrected chi connectivity index (χ4v) is 3.55. The van der Waals surface area contributed by atoms with Crippen LogP contribution < -0.4 is 10.1 Å². The number of anilines is 1. The molecular weight excluding hydrogens is 390 g/mol. The lowest BCUT2D eigenvalue weighted by atomic mass is 10.2. The first-order chi connectivity index (χ1) is 14.2. The summed E-state index contributed by atoms with van der Waals surface area (Å²) in [6, 6.07) is 13.0. The maximum atomic E-state index is 12.5. The summed E-state index contributed by atoms with van der Waals surface area (Å²) in [5.74, 6) is 1.75. The minimum atomic E-state index is -0.166. The van der Waals surface area contributed by atoms with Crippen LogP contribution in [0.15, 0.2) is 70.7 Å². The van der Waals surface area contributed by atoms with Gasteiger partial charge in [0.2, 0.25) is 16.9 Å². The van der Waals surface area contributed by atoms with E-state index in [9.17, 15) is 4.79 Å². The smallest absolute Gasteiger partial charge is 0.234 e. The molecular formula is C20H19N5O3S. The molecule has 4 aromatic rings. The Kier molecular flexibility index (Phi) is 5.39. The van der Waals surface area contributed by atoms with E-state index in [1.165, 1.54) is 11.8 Å². The summed E-state index contributed by atoms with van der Waals surface area (Å²) >= 11 is 1.28. The topological polar surface area (TPSA) is 87.1 Å². The highest BCUT2D eigenvalue weighted by Crippen LogP contribution is 2.27. The van der Waals surface area contributed by atoms with Gasteiger partial charge in [-0.25, -0.2) is 4.68 Å². The fraction of sp³-hybridized carbons (Fsp3) is 0.150. The van der Waals surface area contributed by atoms with Crippen LogP contribution in [0.4, 0.5) is 5.69 Å². The fourth-order valence-electron chi connectivity index (χ4n) is 2.82. The largest absolute Gasteiger partial charge is 0.495 e. The summed E-state index contributed by atoms with van der Waals surface area (Å²) in [6.07, 6.45) is 5.33. The normalized spacial score (nSPS) is 10.8. The monoisotopic (exact) mass is 409 g/mol. The van der Waals surface area contributed by atoms with Crippen LogP contribution in [0, 0.1) is 6.92 Å². The standard InChI is InChI=1S/C20H19N5O3S/c1-14-7-8-16(27-2)15(12-14)21-18(26)13-29-20-23-22-19(17-6-5-11-28-17)25(20)24-9-3-4-10-24/h3-12H,13H2,1-2H3,(H,21,26). The van der Waals surface area contributed by atoms with Gasteiger partial charge in [0, 0.05) is 12.4 Å². The van der Waals surface area contributed by atoms with Gasteiger partial charge in [-0.1, -0.05) is 17.8 Å². The molecule has 0 saturated carbocycles. The number of amides is 1. The zero-order valence-corrected chi connectivity index (χ0v) is 16.7. The Labute approximate surface area is 171 Å². The van der Waals surface area contributed by atoms with Gasteiger partial charge in [-0.15, -0.1) is 10.2 Å². The molecule has 1 aromatic carbocycles. The first-order valence-corrected chi connectivity index (χ1v) is 9.84. The number of aromatic nitrogens is 4. The molecule has 1 amide bonds.